The van der Waals surface area contributed by atoms with Crippen molar-refractivity contribution in [1.29, 1.82) is 0 Å². The van der Waals surface area contributed by atoms with Gasteiger partial charge in [-0.3, -0.25) is 9.59 Å². The summed E-state index contributed by atoms with van der Waals surface area (Å²) in [6, 6.07) is 9.97. The van der Waals surface area contributed by atoms with Crippen LogP contribution in [-0.4, -0.2) is 16.0 Å². The third-order valence-corrected chi connectivity index (χ3v) is 6.06. The number of H-pyrrole nitrogens is 1. The molecule has 1 aromatic heterocycles. The summed E-state index contributed by atoms with van der Waals surface area (Å²) >= 11 is 0. The Morgan fingerprint density at radius 1 is 1.08 bits per heavy atom. The van der Waals surface area contributed by atoms with Crippen molar-refractivity contribution in [3.8, 4) is 0 Å². The number of nitrogens with zero attached hydrogens (tertiary/aromatic N) is 1. The molecule has 26 heavy (non-hydrogen) atoms. The van der Waals surface area contributed by atoms with Crippen molar-refractivity contribution in [3.63, 3.8) is 0 Å². The fourth-order valence-electron chi connectivity index (χ4n) is 4.55. The third kappa shape index (κ3) is 3.79. The molecule has 4 heteroatoms. The van der Waals surface area contributed by atoms with Crippen LogP contribution in [0, 0.1) is 5.92 Å². The number of fused-ring (bicyclic) bond motifs is 1. The zero-order valence-electron chi connectivity index (χ0n) is 15.2. The molecule has 0 radical (unpaired) electrons. The zero-order valence-corrected chi connectivity index (χ0v) is 15.2. The highest BCUT2D eigenvalue weighted by Crippen LogP contribution is 2.33. The summed E-state index contributed by atoms with van der Waals surface area (Å²) in [6.45, 7) is 0. The average molecular weight is 350 g/mol. The molecule has 0 saturated heterocycles. The van der Waals surface area contributed by atoms with Gasteiger partial charge in [0.2, 0.25) is 0 Å². The minimum absolute atomic E-state index is 0.158. The highest BCUT2D eigenvalue weighted by Gasteiger charge is 2.23. The third-order valence-electron chi connectivity index (χ3n) is 6.06. The second kappa shape index (κ2) is 7.56. The fourth-order valence-corrected chi connectivity index (χ4v) is 4.55. The van der Waals surface area contributed by atoms with Gasteiger partial charge in [-0.05, 0) is 55.1 Å². The van der Waals surface area contributed by atoms with Crippen molar-refractivity contribution >= 4 is 5.78 Å². The molecule has 1 fully saturated rings. The summed E-state index contributed by atoms with van der Waals surface area (Å²) in [4.78, 5) is 24.2. The van der Waals surface area contributed by atoms with E-state index in [1.54, 1.807) is 6.07 Å². The maximum absolute atomic E-state index is 12.7. The maximum atomic E-state index is 12.7. The lowest BCUT2D eigenvalue weighted by Gasteiger charge is -2.23. The second-order valence-electron chi connectivity index (χ2n) is 7.90. The largest absolute Gasteiger partial charge is 0.294 e. The van der Waals surface area contributed by atoms with Crippen LogP contribution in [-0.2, 0) is 12.8 Å². The summed E-state index contributed by atoms with van der Waals surface area (Å²) in [5.74, 6) is 1.19. The van der Waals surface area contributed by atoms with Crippen LogP contribution in [0.1, 0.15) is 78.0 Å². The highest BCUT2D eigenvalue weighted by atomic mass is 16.1. The van der Waals surface area contributed by atoms with Crippen molar-refractivity contribution in [3.05, 3.63) is 63.1 Å². The van der Waals surface area contributed by atoms with Gasteiger partial charge in [-0.2, -0.15) is 5.10 Å². The van der Waals surface area contributed by atoms with Crippen LogP contribution in [0.25, 0.3) is 0 Å². The van der Waals surface area contributed by atoms with Gasteiger partial charge in [-0.25, -0.2) is 5.10 Å². The standard InChI is InChI=1S/C22H26N2O2/c25-21(13-15-6-11-20-19(12-15)14-22(26)24-23-20)18-9-7-17(8-10-18)16-4-2-1-3-5-16/h7-10,14-16H,1-6,11-13H2,(H,24,26). The SMILES string of the molecule is O=C(CC1CCc2n[nH]c(=O)cc2C1)c1ccc(C2CCCCC2)cc1. The van der Waals surface area contributed by atoms with Crippen molar-refractivity contribution in [1.82, 2.24) is 10.2 Å². The van der Waals surface area contributed by atoms with Gasteiger partial charge >= 0.3 is 0 Å². The van der Waals surface area contributed by atoms with Gasteiger partial charge in [-0.15, -0.1) is 0 Å². The molecule has 4 nitrogen and oxygen atoms in total. The normalized spacial score (nSPS) is 20.5. The number of hydrogen-bond acceptors (Lipinski definition) is 3. The molecule has 0 amide bonds. The number of rotatable bonds is 4. The fraction of sp³-hybridized carbons (Fsp3) is 0.500. The molecule has 0 bridgehead atoms. The van der Waals surface area contributed by atoms with Crippen LogP contribution in [0.5, 0.6) is 0 Å². The second-order valence-corrected chi connectivity index (χ2v) is 7.90. The molecule has 2 aromatic rings. The van der Waals surface area contributed by atoms with Gasteiger partial charge in [0.1, 0.15) is 0 Å². The smallest absolute Gasteiger partial charge is 0.264 e. The van der Waals surface area contributed by atoms with E-state index in [9.17, 15) is 9.59 Å². The number of nitrogens with one attached hydrogen (secondary N) is 1. The lowest BCUT2D eigenvalue weighted by molar-refractivity contribution is 0.0957. The first-order valence-corrected chi connectivity index (χ1v) is 9.89. The molecular formula is C22H26N2O2. The lowest BCUT2D eigenvalue weighted by Crippen LogP contribution is -2.22. The molecule has 1 atom stereocenters. The quantitative estimate of drug-likeness (QED) is 0.841. The summed E-state index contributed by atoms with van der Waals surface area (Å²) in [7, 11) is 0. The Bertz CT molecular complexity index is 832. The predicted octanol–water partition coefficient (Wildman–Crippen LogP) is 4.20. The summed E-state index contributed by atoms with van der Waals surface area (Å²) in [5, 5.41) is 6.62. The Labute approximate surface area is 154 Å². The van der Waals surface area contributed by atoms with Crippen LogP contribution in [0.3, 0.4) is 0 Å². The Morgan fingerprint density at radius 2 is 1.85 bits per heavy atom. The van der Waals surface area contributed by atoms with Gasteiger partial charge in [0.25, 0.3) is 5.56 Å². The molecule has 1 unspecified atom stereocenters. The first-order valence-electron chi connectivity index (χ1n) is 9.89. The van der Waals surface area contributed by atoms with E-state index in [0.717, 1.165) is 36.1 Å². The first-order chi connectivity index (χ1) is 12.7. The number of hydrogen-bond donors (Lipinski definition) is 1. The van der Waals surface area contributed by atoms with Gasteiger partial charge in [-0.1, -0.05) is 43.5 Å². The topological polar surface area (TPSA) is 62.8 Å². The van der Waals surface area contributed by atoms with Crippen LogP contribution in [0.4, 0.5) is 0 Å². The van der Waals surface area contributed by atoms with E-state index in [2.05, 4.69) is 22.3 Å². The molecular weight excluding hydrogens is 324 g/mol. The van der Waals surface area contributed by atoms with Crippen LogP contribution in [0.15, 0.2) is 35.1 Å². The van der Waals surface area contributed by atoms with Crippen LogP contribution < -0.4 is 5.56 Å². The highest BCUT2D eigenvalue weighted by molar-refractivity contribution is 5.96. The molecule has 4 rings (SSSR count). The molecule has 0 aliphatic heterocycles. The van der Waals surface area contributed by atoms with Crippen molar-refractivity contribution in [2.45, 2.75) is 63.7 Å². The van der Waals surface area contributed by atoms with Gasteiger partial charge in [0, 0.05) is 18.1 Å². The number of aryl methyl sites for hydroxylation is 1. The van der Waals surface area contributed by atoms with Crippen molar-refractivity contribution in [2.24, 2.45) is 5.92 Å². The molecule has 2 aliphatic rings. The number of aromatic amines is 1. The summed E-state index contributed by atoms with van der Waals surface area (Å²) < 4.78 is 0. The van der Waals surface area contributed by atoms with E-state index < -0.39 is 0 Å². The Hall–Kier alpha value is -2.23. The number of carbonyl (C=O) groups excluding carboxylic acids is 1. The molecule has 1 N–H and O–H groups in total. The monoisotopic (exact) mass is 350 g/mol. The number of ketones is 1. The zero-order chi connectivity index (χ0) is 17.9. The van der Waals surface area contributed by atoms with Crippen molar-refractivity contribution in [2.75, 3.05) is 0 Å². The van der Waals surface area contributed by atoms with E-state index in [1.807, 2.05) is 12.1 Å². The minimum Gasteiger partial charge on any atom is -0.294 e. The Kier molecular flexibility index (Phi) is 5.00. The Morgan fingerprint density at radius 3 is 2.62 bits per heavy atom. The van der Waals surface area contributed by atoms with E-state index in [4.69, 9.17) is 0 Å². The van der Waals surface area contributed by atoms with Gasteiger partial charge in [0.05, 0.1) is 5.69 Å². The molecule has 2 aliphatic carbocycles. The van der Waals surface area contributed by atoms with Crippen LogP contribution >= 0.6 is 0 Å². The molecule has 1 saturated carbocycles. The summed E-state index contributed by atoms with van der Waals surface area (Å²) in [5.41, 5.74) is 4.03. The van der Waals surface area contributed by atoms with Gasteiger partial charge < -0.3 is 0 Å². The number of Topliss-reactive ketones (excluding diaryl/α,β-unsaturated/α-hetero) is 1. The maximum Gasteiger partial charge on any atom is 0.264 e. The number of aromatic nitrogens is 2. The van der Waals surface area contributed by atoms with E-state index in [0.29, 0.717) is 18.3 Å². The average Bonchev–Trinajstić information content (AvgIpc) is 2.68. The predicted molar refractivity (Wildman–Crippen MR) is 102 cm³/mol. The lowest BCUT2D eigenvalue weighted by atomic mass is 9.82. The molecule has 1 heterocycles. The first kappa shape index (κ1) is 17.2. The Balaban J connectivity index is 1.39. The molecule has 136 valence electrons. The minimum atomic E-state index is -0.158. The molecule has 1 aromatic carbocycles. The number of carbonyl (C=O) groups is 1. The molecule has 0 spiro atoms. The van der Waals surface area contributed by atoms with E-state index in [1.165, 1.54) is 37.7 Å². The van der Waals surface area contributed by atoms with Crippen LogP contribution in [0.2, 0.25) is 0 Å². The van der Waals surface area contributed by atoms with E-state index in [-0.39, 0.29) is 11.3 Å². The summed E-state index contributed by atoms with van der Waals surface area (Å²) in [6.07, 6.45) is 9.69. The van der Waals surface area contributed by atoms with Crippen molar-refractivity contribution < 1.29 is 4.79 Å². The number of benzene rings is 1. The van der Waals surface area contributed by atoms with Gasteiger partial charge in [0.15, 0.2) is 5.78 Å². The van der Waals surface area contributed by atoms with E-state index >= 15 is 0 Å².